The first-order valence-corrected chi connectivity index (χ1v) is 10.3. The van der Waals surface area contributed by atoms with Crippen molar-refractivity contribution in [2.24, 2.45) is 0 Å². The van der Waals surface area contributed by atoms with Gasteiger partial charge in [-0.3, -0.25) is 4.79 Å². The Morgan fingerprint density at radius 3 is 2.67 bits per heavy atom. The maximum Gasteiger partial charge on any atom is 0.267 e. The summed E-state index contributed by atoms with van der Waals surface area (Å²) in [7, 11) is 1.63. The molecular weight excluding hydrogens is 491 g/mol. The van der Waals surface area contributed by atoms with Crippen LogP contribution in [-0.2, 0) is 6.54 Å². The third kappa shape index (κ3) is 4.00. The summed E-state index contributed by atoms with van der Waals surface area (Å²) >= 11 is 2.18. The first-order chi connectivity index (χ1) is 14.6. The van der Waals surface area contributed by atoms with Crippen molar-refractivity contribution in [1.29, 1.82) is 5.26 Å². The second-order valence-electron chi connectivity index (χ2n) is 6.60. The number of halogens is 1. The number of hydrogen-bond donors (Lipinski definition) is 1. The lowest BCUT2D eigenvalue weighted by Gasteiger charge is -2.15. The molecule has 30 heavy (non-hydrogen) atoms. The minimum absolute atomic E-state index is 0.189. The van der Waals surface area contributed by atoms with Crippen LogP contribution in [0.5, 0.6) is 5.75 Å². The highest BCUT2D eigenvalue weighted by atomic mass is 127. The van der Waals surface area contributed by atoms with Crippen molar-refractivity contribution in [1.82, 2.24) is 9.55 Å². The monoisotopic (exact) mass is 508 g/mol. The summed E-state index contributed by atoms with van der Waals surface area (Å²) in [5.41, 5.74) is 2.51. The van der Waals surface area contributed by atoms with E-state index in [1.807, 2.05) is 42.5 Å². The van der Waals surface area contributed by atoms with E-state index in [1.165, 1.54) is 4.57 Å². The average molecular weight is 508 g/mol. The lowest BCUT2D eigenvalue weighted by molar-refractivity contribution is 0.414. The van der Waals surface area contributed by atoms with E-state index in [9.17, 15) is 10.1 Å². The number of ether oxygens (including phenoxy) is 1. The van der Waals surface area contributed by atoms with E-state index in [0.29, 0.717) is 34.6 Å². The zero-order chi connectivity index (χ0) is 21.1. The maximum absolute atomic E-state index is 13.4. The zero-order valence-corrected chi connectivity index (χ0v) is 18.3. The van der Waals surface area contributed by atoms with Crippen molar-refractivity contribution in [2.45, 2.75) is 6.54 Å². The van der Waals surface area contributed by atoms with E-state index in [0.717, 1.165) is 14.9 Å². The lowest BCUT2D eigenvalue weighted by Crippen LogP contribution is -2.24. The third-order valence-corrected chi connectivity index (χ3v) is 5.34. The van der Waals surface area contributed by atoms with Gasteiger partial charge in [-0.1, -0.05) is 18.2 Å². The summed E-state index contributed by atoms with van der Waals surface area (Å²) in [4.78, 5) is 18.1. The minimum Gasteiger partial charge on any atom is -0.497 e. The summed E-state index contributed by atoms with van der Waals surface area (Å²) in [6.07, 6.45) is 0. The predicted molar refractivity (Wildman–Crippen MR) is 125 cm³/mol. The Bertz CT molecular complexity index is 1320. The normalized spacial score (nSPS) is 10.6. The highest BCUT2D eigenvalue weighted by Crippen LogP contribution is 2.20. The number of aromatic nitrogens is 2. The van der Waals surface area contributed by atoms with E-state index in [1.54, 1.807) is 31.4 Å². The quantitative estimate of drug-likeness (QED) is 0.402. The minimum atomic E-state index is -0.189. The highest BCUT2D eigenvalue weighted by Gasteiger charge is 2.14. The molecule has 0 amide bonds. The molecule has 0 atom stereocenters. The van der Waals surface area contributed by atoms with Crippen LogP contribution in [0, 0.1) is 14.9 Å². The zero-order valence-electron chi connectivity index (χ0n) is 16.1. The summed E-state index contributed by atoms with van der Waals surface area (Å²) in [5.74, 6) is 1.20. The number of methoxy groups -OCH3 is 1. The molecule has 0 unspecified atom stereocenters. The number of benzene rings is 3. The van der Waals surface area contributed by atoms with Crippen molar-refractivity contribution >= 4 is 39.4 Å². The largest absolute Gasteiger partial charge is 0.497 e. The number of nitriles is 1. The Morgan fingerprint density at radius 1 is 1.13 bits per heavy atom. The standard InChI is InChI=1S/C23H17IN4O2/c1-30-19-8-5-15(6-9-19)14-26-23-27-21-10-7-17(24)12-20(21)22(29)28(23)18-4-2-3-16(11-18)13-25/h2-12H,14H2,1H3,(H,26,27). The molecule has 148 valence electrons. The number of rotatable bonds is 5. The molecule has 1 heterocycles. The molecule has 6 nitrogen and oxygen atoms in total. The van der Waals surface area contributed by atoms with Gasteiger partial charge in [0.05, 0.1) is 35.3 Å². The van der Waals surface area contributed by atoms with E-state index in [4.69, 9.17) is 9.72 Å². The van der Waals surface area contributed by atoms with Gasteiger partial charge in [0.15, 0.2) is 0 Å². The molecule has 4 rings (SSSR count). The molecule has 1 N–H and O–H groups in total. The van der Waals surface area contributed by atoms with Crippen LogP contribution < -0.4 is 15.6 Å². The molecule has 3 aromatic carbocycles. The number of fused-ring (bicyclic) bond motifs is 1. The SMILES string of the molecule is COc1ccc(CNc2nc3ccc(I)cc3c(=O)n2-c2cccc(C#N)c2)cc1. The maximum atomic E-state index is 13.4. The Kier molecular flexibility index (Phi) is 5.68. The van der Waals surface area contributed by atoms with E-state index in [-0.39, 0.29) is 5.56 Å². The molecule has 1 aromatic heterocycles. The van der Waals surface area contributed by atoms with Gasteiger partial charge >= 0.3 is 0 Å². The molecule has 4 aromatic rings. The molecule has 0 spiro atoms. The summed E-state index contributed by atoms with van der Waals surface area (Å²) in [6, 6.07) is 22.3. The highest BCUT2D eigenvalue weighted by molar-refractivity contribution is 14.1. The van der Waals surface area contributed by atoms with Crippen molar-refractivity contribution in [3.05, 3.63) is 91.8 Å². The molecule has 0 aliphatic carbocycles. The number of hydrogen-bond acceptors (Lipinski definition) is 5. The van der Waals surface area contributed by atoms with Gasteiger partial charge in [0.2, 0.25) is 5.95 Å². The first kappa shape index (κ1) is 19.9. The lowest BCUT2D eigenvalue weighted by atomic mass is 10.2. The Balaban J connectivity index is 1.82. The van der Waals surface area contributed by atoms with Crippen LogP contribution in [0.2, 0.25) is 0 Å². The summed E-state index contributed by atoms with van der Waals surface area (Å²) < 4.78 is 7.67. The smallest absolute Gasteiger partial charge is 0.267 e. The van der Waals surface area contributed by atoms with E-state index < -0.39 is 0 Å². The van der Waals surface area contributed by atoms with Gasteiger partial charge in [-0.2, -0.15) is 5.26 Å². The van der Waals surface area contributed by atoms with Gasteiger partial charge < -0.3 is 10.1 Å². The van der Waals surface area contributed by atoms with Crippen LogP contribution in [0.1, 0.15) is 11.1 Å². The van der Waals surface area contributed by atoms with Crippen LogP contribution in [0.15, 0.2) is 71.5 Å². The van der Waals surface area contributed by atoms with E-state index >= 15 is 0 Å². The van der Waals surface area contributed by atoms with Gasteiger partial charge in [-0.05, 0) is 76.7 Å². The fourth-order valence-corrected chi connectivity index (χ4v) is 3.65. The number of nitrogens with one attached hydrogen (secondary N) is 1. The van der Waals surface area contributed by atoms with Crippen LogP contribution in [0.4, 0.5) is 5.95 Å². The Hall–Kier alpha value is -3.38. The molecule has 0 aliphatic rings. The van der Waals surface area contributed by atoms with E-state index in [2.05, 4.69) is 34.0 Å². The average Bonchev–Trinajstić information content (AvgIpc) is 2.78. The molecule has 7 heteroatoms. The fourth-order valence-electron chi connectivity index (χ4n) is 3.15. The molecular formula is C23H17IN4O2. The van der Waals surface area contributed by atoms with Gasteiger partial charge in [-0.15, -0.1) is 0 Å². The van der Waals surface area contributed by atoms with Crippen molar-refractivity contribution < 1.29 is 4.74 Å². The summed E-state index contributed by atoms with van der Waals surface area (Å²) in [5, 5.41) is 13.1. The predicted octanol–water partition coefficient (Wildman–Crippen LogP) is 4.48. The molecule has 0 bridgehead atoms. The second-order valence-corrected chi connectivity index (χ2v) is 7.85. The van der Waals surface area contributed by atoms with Crippen LogP contribution in [0.3, 0.4) is 0 Å². The third-order valence-electron chi connectivity index (χ3n) is 4.67. The van der Waals surface area contributed by atoms with Crippen LogP contribution >= 0.6 is 22.6 Å². The van der Waals surface area contributed by atoms with Gasteiger partial charge in [0.1, 0.15) is 5.75 Å². The summed E-state index contributed by atoms with van der Waals surface area (Å²) in [6.45, 7) is 0.476. The molecule has 0 radical (unpaired) electrons. The van der Waals surface area contributed by atoms with Gasteiger partial charge in [0.25, 0.3) is 5.56 Å². The topological polar surface area (TPSA) is 79.9 Å². The van der Waals surface area contributed by atoms with Crippen LogP contribution in [-0.4, -0.2) is 16.7 Å². The number of anilines is 1. The Labute approximate surface area is 186 Å². The van der Waals surface area contributed by atoms with Gasteiger partial charge in [0, 0.05) is 10.1 Å². The van der Waals surface area contributed by atoms with Crippen molar-refractivity contribution in [3.8, 4) is 17.5 Å². The molecule has 0 saturated heterocycles. The van der Waals surface area contributed by atoms with Gasteiger partial charge in [-0.25, -0.2) is 9.55 Å². The molecule has 0 aliphatic heterocycles. The van der Waals surface area contributed by atoms with Crippen molar-refractivity contribution in [3.63, 3.8) is 0 Å². The van der Waals surface area contributed by atoms with Crippen molar-refractivity contribution in [2.75, 3.05) is 12.4 Å². The second kappa shape index (κ2) is 8.55. The van der Waals surface area contributed by atoms with Crippen LogP contribution in [0.25, 0.3) is 16.6 Å². The first-order valence-electron chi connectivity index (χ1n) is 9.18. The Morgan fingerprint density at radius 2 is 1.93 bits per heavy atom. The molecule has 0 saturated carbocycles. The number of nitrogens with zero attached hydrogens (tertiary/aromatic N) is 3. The molecule has 0 fully saturated rings. The fraction of sp³-hybridized carbons (Fsp3) is 0.0870.